The fraction of sp³-hybridized carbons (Fsp3) is 0.750. The Morgan fingerprint density at radius 3 is 2.47 bits per heavy atom. The summed E-state index contributed by atoms with van der Waals surface area (Å²) in [5, 5.41) is 6.95. The van der Waals surface area contributed by atoms with Crippen molar-refractivity contribution in [2.75, 3.05) is 5.73 Å². The molecule has 0 atom stereocenters. The number of nitrogens with two attached hydrogens (primary N) is 1. The maximum Gasteiger partial charge on any atom is 0.248 e. The third-order valence-electron chi connectivity index (χ3n) is 3.57. The zero-order chi connectivity index (χ0) is 12.6. The lowest BCUT2D eigenvalue weighted by molar-refractivity contribution is -0.0385. The van der Waals surface area contributed by atoms with Crippen LogP contribution in [0.2, 0.25) is 0 Å². The molecule has 5 heteroatoms. The van der Waals surface area contributed by atoms with Crippen LogP contribution in [0.15, 0.2) is 0 Å². The Balaban J connectivity index is 2.19. The molecule has 17 heavy (non-hydrogen) atoms. The molecule has 0 amide bonds. The van der Waals surface area contributed by atoms with Gasteiger partial charge in [-0.3, -0.25) is 5.10 Å². The Labute approximate surface area is 99.8 Å². The highest BCUT2D eigenvalue weighted by molar-refractivity contribution is 5.45. The monoisotopic (exact) mass is 243 g/mol. The zero-order valence-electron chi connectivity index (χ0n) is 10.3. The van der Waals surface area contributed by atoms with Gasteiger partial charge in [0, 0.05) is 30.0 Å². The highest BCUT2D eigenvalue weighted by Gasteiger charge is 2.37. The third kappa shape index (κ3) is 2.42. The summed E-state index contributed by atoms with van der Waals surface area (Å²) in [6.45, 7) is 4.09. The SMILES string of the molecule is CC(C)c1c(N)n[nH]c1C1CCC(F)(F)CC1. The van der Waals surface area contributed by atoms with Crippen LogP contribution >= 0.6 is 0 Å². The van der Waals surface area contributed by atoms with Crippen molar-refractivity contribution in [1.82, 2.24) is 10.2 Å². The lowest BCUT2D eigenvalue weighted by Gasteiger charge is -2.28. The van der Waals surface area contributed by atoms with Gasteiger partial charge in [0.15, 0.2) is 0 Å². The molecule has 0 unspecified atom stereocenters. The summed E-state index contributed by atoms with van der Waals surface area (Å²) in [7, 11) is 0. The molecule has 1 aliphatic rings. The van der Waals surface area contributed by atoms with Gasteiger partial charge in [-0.25, -0.2) is 8.78 Å². The number of aromatic nitrogens is 2. The van der Waals surface area contributed by atoms with Gasteiger partial charge in [0.05, 0.1) is 0 Å². The Hall–Kier alpha value is -1.13. The van der Waals surface area contributed by atoms with Crippen LogP contribution < -0.4 is 5.73 Å². The van der Waals surface area contributed by atoms with E-state index in [1.54, 1.807) is 0 Å². The lowest BCUT2D eigenvalue weighted by atomic mass is 9.82. The van der Waals surface area contributed by atoms with E-state index in [4.69, 9.17) is 5.73 Å². The van der Waals surface area contributed by atoms with Crippen LogP contribution in [-0.2, 0) is 0 Å². The number of aromatic amines is 1. The molecule has 0 spiro atoms. The predicted molar refractivity (Wildman–Crippen MR) is 63.2 cm³/mol. The highest BCUT2D eigenvalue weighted by atomic mass is 19.3. The molecule has 0 radical (unpaired) electrons. The summed E-state index contributed by atoms with van der Waals surface area (Å²) in [5.74, 6) is -1.56. The number of anilines is 1. The molecule has 1 aromatic rings. The average Bonchev–Trinajstić information content (AvgIpc) is 2.60. The number of rotatable bonds is 2. The number of hydrogen-bond donors (Lipinski definition) is 2. The smallest absolute Gasteiger partial charge is 0.248 e. The minimum atomic E-state index is -2.49. The van der Waals surface area contributed by atoms with E-state index in [-0.39, 0.29) is 24.7 Å². The quantitative estimate of drug-likeness (QED) is 0.836. The van der Waals surface area contributed by atoms with Crippen molar-refractivity contribution in [3.63, 3.8) is 0 Å². The van der Waals surface area contributed by atoms with E-state index in [0.29, 0.717) is 18.7 Å². The number of hydrogen-bond acceptors (Lipinski definition) is 2. The largest absolute Gasteiger partial charge is 0.382 e. The van der Waals surface area contributed by atoms with E-state index >= 15 is 0 Å². The van der Waals surface area contributed by atoms with Crippen LogP contribution in [0.5, 0.6) is 0 Å². The molecule has 1 saturated carbocycles. The van der Waals surface area contributed by atoms with E-state index in [1.165, 1.54) is 0 Å². The average molecular weight is 243 g/mol. The van der Waals surface area contributed by atoms with E-state index in [9.17, 15) is 8.78 Å². The van der Waals surface area contributed by atoms with E-state index in [1.807, 2.05) is 13.8 Å². The summed E-state index contributed by atoms with van der Waals surface area (Å²) >= 11 is 0. The highest BCUT2D eigenvalue weighted by Crippen LogP contribution is 2.42. The van der Waals surface area contributed by atoms with E-state index < -0.39 is 5.92 Å². The first-order chi connectivity index (χ1) is 7.91. The molecule has 0 aliphatic heterocycles. The van der Waals surface area contributed by atoms with Gasteiger partial charge >= 0.3 is 0 Å². The minimum Gasteiger partial charge on any atom is -0.382 e. The van der Waals surface area contributed by atoms with Crippen LogP contribution in [0, 0.1) is 0 Å². The van der Waals surface area contributed by atoms with Crippen LogP contribution in [0.1, 0.15) is 62.6 Å². The Morgan fingerprint density at radius 2 is 1.94 bits per heavy atom. The topological polar surface area (TPSA) is 54.7 Å². The van der Waals surface area contributed by atoms with E-state index in [0.717, 1.165) is 11.3 Å². The summed E-state index contributed by atoms with van der Waals surface area (Å²) in [6.07, 6.45) is 0.949. The standard InChI is InChI=1S/C12H19F2N3/c1-7(2)9-10(16-17-11(9)15)8-3-5-12(13,14)6-4-8/h7-8H,3-6H2,1-2H3,(H3,15,16,17). The first-order valence-electron chi connectivity index (χ1n) is 6.12. The third-order valence-corrected chi connectivity index (χ3v) is 3.57. The number of nitrogen functional groups attached to an aromatic ring is 1. The Kier molecular flexibility index (Phi) is 3.10. The number of halogens is 2. The Bertz CT molecular complexity index is 388. The molecule has 1 aliphatic carbocycles. The number of nitrogens with zero attached hydrogens (tertiary/aromatic N) is 1. The van der Waals surface area contributed by atoms with Gasteiger partial charge in [0.1, 0.15) is 5.82 Å². The van der Waals surface area contributed by atoms with Gasteiger partial charge in [-0.1, -0.05) is 13.8 Å². The molecule has 3 nitrogen and oxygen atoms in total. The fourth-order valence-electron chi connectivity index (χ4n) is 2.63. The number of alkyl halides is 2. The van der Waals surface area contributed by atoms with Crippen LogP contribution in [0.3, 0.4) is 0 Å². The molecule has 0 aromatic carbocycles. The molecule has 0 saturated heterocycles. The fourth-order valence-corrected chi connectivity index (χ4v) is 2.63. The van der Waals surface area contributed by atoms with Crippen molar-refractivity contribution >= 4 is 5.82 Å². The summed E-state index contributed by atoms with van der Waals surface area (Å²) < 4.78 is 26.2. The van der Waals surface area contributed by atoms with Gasteiger partial charge in [0.2, 0.25) is 5.92 Å². The summed E-state index contributed by atoms with van der Waals surface area (Å²) in [6, 6.07) is 0. The normalized spacial score (nSPS) is 21.0. The number of nitrogens with one attached hydrogen (secondary N) is 1. The van der Waals surface area contributed by atoms with E-state index in [2.05, 4.69) is 10.2 Å². The molecule has 0 bridgehead atoms. The number of H-pyrrole nitrogens is 1. The van der Waals surface area contributed by atoms with Gasteiger partial charge in [-0.05, 0) is 18.8 Å². The van der Waals surface area contributed by atoms with Crippen LogP contribution in [0.4, 0.5) is 14.6 Å². The summed E-state index contributed by atoms with van der Waals surface area (Å²) in [4.78, 5) is 0. The van der Waals surface area contributed by atoms with Crippen molar-refractivity contribution in [2.45, 2.75) is 57.3 Å². The van der Waals surface area contributed by atoms with Crippen molar-refractivity contribution in [3.05, 3.63) is 11.3 Å². The molecular formula is C12H19F2N3. The first-order valence-corrected chi connectivity index (χ1v) is 6.12. The second-order valence-corrected chi connectivity index (χ2v) is 5.22. The molecule has 96 valence electrons. The zero-order valence-corrected chi connectivity index (χ0v) is 10.3. The van der Waals surface area contributed by atoms with Gasteiger partial charge < -0.3 is 5.73 Å². The Morgan fingerprint density at radius 1 is 1.35 bits per heavy atom. The minimum absolute atomic E-state index is 0.0336. The summed E-state index contributed by atoms with van der Waals surface area (Å²) in [5.41, 5.74) is 7.78. The second kappa shape index (κ2) is 4.27. The van der Waals surface area contributed by atoms with Gasteiger partial charge in [0.25, 0.3) is 0 Å². The van der Waals surface area contributed by atoms with Crippen LogP contribution in [0.25, 0.3) is 0 Å². The molecule has 1 fully saturated rings. The van der Waals surface area contributed by atoms with Crippen molar-refractivity contribution in [2.24, 2.45) is 0 Å². The maximum absolute atomic E-state index is 13.1. The molecular weight excluding hydrogens is 224 g/mol. The van der Waals surface area contributed by atoms with Crippen molar-refractivity contribution in [3.8, 4) is 0 Å². The predicted octanol–water partition coefficient (Wildman–Crippen LogP) is 3.41. The maximum atomic E-state index is 13.1. The molecule has 1 aromatic heterocycles. The van der Waals surface area contributed by atoms with Crippen molar-refractivity contribution < 1.29 is 8.78 Å². The molecule has 3 N–H and O–H groups in total. The lowest BCUT2D eigenvalue weighted by Crippen LogP contribution is -2.24. The van der Waals surface area contributed by atoms with Crippen molar-refractivity contribution in [1.29, 1.82) is 0 Å². The van der Waals surface area contributed by atoms with Crippen LogP contribution in [-0.4, -0.2) is 16.1 Å². The van der Waals surface area contributed by atoms with Gasteiger partial charge in [-0.2, -0.15) is 5.10 Å². The molecule has 2 rings (SSSR count). The first kappa shape index (κ1) is 12.3. The second-order valence-electron chi connectivity index (χ2n) is 5.22. The van der Waals surface area contributed by atoms with Gasteiger partial charge in [-0.15, -0.1) is 0 Å². The molecule has 1 heterocycles.